The molecule has 1 saturated carbocycles. The molecule has 1 aromatic carbocycles. The standard InChI is InChI=1S/C16H21F4N/c1-3-21-15(11-6-8-16(19,20)9-7-11)12-5-4-10(2)13(17)14(12)18/h4-5,11,15,21H,3,6-9H2,1-2H3. The maximum absolute atomic E-state index is 14.2. The Morgan fingerprint density at radius 3 is 2.38 bits per heavy atom. The molecule has 1 aromatic rings. The Hall–Kier alpha value is -1.10. The van der Waals surface area contributed by atoms with Crippen LogP contribution >= 0.6 is 0 Å². The lowest BCUT2D eigenvalue weighted by molar-refractivity contribution is -0.0498. The van der Waals surface area contributed by atoms with Crippen LogP contribution in [0.1, 0.15) is 49.8 Å². The number of hydrogen-bond acceptors (Lipinski definition) is 1. The predicted octanol–water partition coefficient (Wildman–Crippen LogP) is 4.75. The number of benzene rings is 1. The van der Waals surface area contributed by atoms with Crippen molar-refractivity contribution in [1.82, 2.24) is 5.32 Å². The average Bonchev–Trinajstić information content (AvgIpc) is 2.44. The monoisotopic (exact) mass is 303 g/mol. The second kappa shape index (κ2) is 6.34. The number of rotatable bonds is 4. The summed E-state index contributed by atoms with van der Waals surface area (Å²) in [5, 5.41) is 3.13. The molecule has 0 saturated heterocycles. The van der Waals surface area contributed by atoms with Crippen LogP contribution in [0.4, 0.5) is 17.6 Å². The molecule has 1 atom stereocenters. The van der Waals surface area contributed by atoms with Gasteiger partial charge in [-0.15, -0.1) is 0 Å². The van der Waals surface area contributed by atoms with Gasteiger partial charge in [-0.25, -0.2) is 17.6 Å². The molecule has 0 radical (unpaired) electrons. The second-order valence-corrected chi connectivity index (χ2v) is 5.83. The van der Waals surface area contributed by atoms with E-state index in [1.54, 1.807) is 6.07 Å². The fraction of sp³-hybridized carbons (Fsp3) is 0.625. The molecule has 21 heavy (non-hydrogen) atoms. The van der Waals surface area contributed by atoms with E-state index in [0.717, 1.165) is 0 Å². The maximum Gasteiger partial charge on any atom is 0.248 e. The number of halogens is 4. The highest BCUT2D eigenvalue weighted by Gasteiger charge is 2.38. The van der Waals surface area contributed by atoms with Gasteiger partial charge in [0.1, 0.15) is 0 Å². The first-order valence-corrected chi connectivity index (χ1v) is 7.41. The van der Waals surface area contributed by atoms with Crippen LogP contribution in [0.5, 0.6) is 0 Å². The molecule has 1 unspecified atom stereocenters. The number of nitrogens with one attached hydrogen (secondary N) is 1. The molecule has 118 valence electrons. The lowest BCUT2D eigenvalue weighted by Gasteiger charge is -2.34. The first-order valence-electron chi connectivity index (χ1n) is 7.41. The number of alkyl halides is 2. The van der Waals surface area contributed by atoms with Crippen molar-refractivity contribution >= 4 is 0 Å². The summed E-state index contributed by atoms with van der Waals surface area (Å²) >= 11 is 0. The van der Waals surface area contributed by atoms with E-state index in [1.807, 2.05) is 6.92 Å². The van der Waals surface area contributed by atoms with Gasteiger partial charge < -0.3 is 5.32 Å². The van der Waals surface area contributed by atoms with Crippen molar-refractivity contribution in [3.8, 4) is 0 Å². The molecule has 0 aromatic heterocycles. The zero-order valence-electron chi connectivity index (χ0n) is 12.4. The SMILES string of the molecule is CCNC(c1ccc(C)c(F)c1F)C1CCC(F)(F)CC1. The van der Waals surface area contributed by atoms with Crippen molar-refractivity contribution in [3.63, 3.8) is 0 Å². The molecule has 0 heterocycles. The smallest absolute Gasteiger partial charge is 0.248 e. The summed E-state index contributed by atoms with van der Waals surface area (Å²) in [5.41, 5.74) is 0.497. The largest absolute Gasteiger partial charge is 0.310 e. The normalized spacial score (nSPS) is 20.5. The summed E-state index contributed by atoms with van der Waals surface area (Å²) in [7, 11) is 0. The Morgan fingerprint density at radius 2 is 1.81 bits per heavy atom. The fourth-order valence-corrected chi connectivity index (χ4v) is 3.05. The highest BCUT2D eigenvalue weighted by atomic mass is 19.3. The van der Waals surface area contributed by atoms with Crippen molar-refractivity contribution in [2.45, 2.75) is 51.5 Å². The van der Waals surface area contributed by atoms with E-state index >= 15 is 0 Å². The Labute approximate surface area is 122 Å². The Kier molecular flexibility index (Phi) is 4.91. The quantitative estimate of drug-likeness (QED) is 0.792. The Bertz CT molecular complexity index is 491. The summed E-state index contributed by atoms with van der Waals surface area (Å²) in [6.07, 6.45) is 0.268. The molecule has 1 N–H and O–H groups in total. The third kappa shape index (κ3) is 3.57. The van der Waals surface area contributed by atoms with Crippen LogP contribution in [0.25, 0.3) is 0 Å². The first kappa shape index (κ1) is 16.3. The second-order valence-electron chi connectivity index (χ2n) is 5.83. The highest BCUT2D eigenvalue weighted by molar-refractivity contribution is 5.28. The highest BCUT2D eigenvalue weighted by Crippen LogP contribution is 2.42. The van der Waals surface area contributed by atoms with Crippen LogP contribution < -0.4 is 5.32 Å². The summed E-state index contributed by atoms with van der Waals surface area (Å²) in [6, 6.07) is 2.68. The van der Waals surface area contributed by atoms with Gasteiger partial charge in [0.15, 0.2) is 11.6 Å². The minimum Gasteiger partial charge on any atom is -0.310 e. The fourth-order valence-electron chi connectivity index (χ4n) is 3.05. The number of aryl methyl sites for hydroxylation is 1. The van der Waals surface area contributed by atoms with Crippen molar-refractivity contribution in [2.75, 3.05) is 6.54 Å². The minimum atomic E-state index is -2.62. The summed E-state index contributed by atoms with van der Waals surface area (Å²) in [6.45, 7) is 3.95. The van der Waals surface area contributed by atoms with Crippen molar-refractivity contribution < 1.29 is 17.6 Å². The lowest BCUT2D eigenvalue weighted by Crippen LogP contribution is -2.34. The molecule has 1 fully saturated rings. The van der Waals surface area contributed by atoms with Crippen LogP contribution in [0.15, 0.2) is 12.1 Å². The van der Waals surface area contributed by atoms with E-state index < -0.39 is 23.6 Å². The molecule has 1 aliphatic rings. The molecule has 0 bridgehead atoms. The molecular weight excluding hydrogens is 282 g/mol. The molecular formula is C16H21F4N. The van der Waals surface area contributed by atoms with Gasteiger partial charge in [0.05, 0.1) is 0 Å². The van der Waals surface area contributed by atoms with E-state index in [4.69, 9.17) is 0 Å². The number of hydrogen-bond donors (Lipinski definition) is 1. The predicted molar refractivity (Wildman–Crippen MR) is 74.4 cm³/mol. The van der Waals surface area contributed by atoms with Crippen LogP contribution in [0, 0.1) is 24.5 Å². The molecule has 5 heteroatoms. The van der Waals surface area contributed by atoms with Gasteiger partial charge in [0.2, 0.25) is 5.92 Å². The van der Waals surface area contributed by atoms with Gasteiger partial charge in [-0.2, -0.15) is 0 Å². The van der Waals surface area contributed by atoms with Crippen LogP contribution in [-0.2, 0) is 0 Å². The Balaban J connectivity index is 2.26. The topological polar surface area (TPSA) is 12.0 Å². The van der Waals surface area contributed by atoms with Gasteiger partial charge in [0.25, 0.3) is 0 Å². The first-order chi connectivity index (χ1) is 9.85. The molecule has 0 spiro atoms. The molecule has 1 aliphatic carbocycles. The lowest BCUT2D eigenvalue weighted by atomic mass is 9.79. The zero-order chi connectivity index (χ0) is 15.6. The third-order valence-electron chi connectivity index (χ3n) is 4.30. The summed E-state index contributed by atoms with van der Waals surface area (Å²) < 4.78 is 54.5. The minimum absolute atomic E-state index is 0.0961. The van der Waals surface area contributed by atoms with Crippen LogP contribution in [0.2, 0.25) is 0 Å². The Morgan fingerprint density at radius 1 is 1.19 bits per heavy atom. The van der Waals surface area contributed by atoms with Gasteiger partial charge in [-0.05, 0) is 37.8 Å². The third-order valence-corrected chi connectivity index (χ3v) is 4.30. The maximum atomic E-state index is 14.2. The molecule has 1 nitrogen and oxygen atoms in total. The van der Waals surface area contributed by atoms with Gasteiger partial charge in [-0.3, -0.25) is 0 Å². The van der Waals surface area contributed by atoms with E-state index in [-0.39, 0.29) is 29.9 Å². The van der Waals surface area contributed by atoms with E-state index in [9.17, 15) is 17.6 Å². The molecule has 2 rings (SSSR count). The van der Waals surface area contributed by atoms with E-state index in [2.05, 4.69) is 5.32 Å². The average molecular weight is 303 g/mol. The van der Waals surface area contributed by atoms with Crippen molar-refractivity contribution in [3.05, 3.63) is 34.9 Å². The van der Waals surface area contributed by atoms with Crippen LogP contribution in [-0.4, -0.2) is 12.5 Å². The molecule has 0 amide bonds. The van der Waals surface area contributed by atoms with Crippen molar-refractivity contribution in [1.29, 1.82) is 0 Å². The van der Waals surface area contributed by atoms with Gasteiger partial charge in [-0.1, -0.05) is 19.1 Å². The summed E-state index contributed by atoms with van der Waals surface area (Å²) in [4.78, 5) is 0. The molecule has 0 aliphatic heterocycles. The van der Waals surface area contributed by atoms with E-state index in [1.165, 1.54) is 13.0 Å². The van der Waals surface area contributed by atoms with Crippen molar-refractivity contribution in [2.24, 2.45) is 5.92 Å². The van der Waals surface area contributed by atoms with E-state index in [0.29, 0.717) is 19.4 Å². The summed E-state index contributed by atoms with van der Waals surface area (Å²) in [5.74, 6) is -4.43. The van der Waals surface area contributed by atoms with Crippen LogP contribution in [0.3, 0.4) is 0 Å². The van der Waals surface area contributed by atoms with Gasteiger partial charge >= 0.3 is 0 Å². The van der Waals surface area contributed by atoms with Gasteiger partial charge in [0, 0.05) is 24.4 Å². The zero-order valence-corrected chi connectivity index (χ0v) is 12.4.